The average molecular weight is 324 g/mol. The SMILES string of the molecule is CCCCN1C(=O)[C@H]2CC[C@@H]1[C@@H]1C(=O)N[C@H]2[C@@H](O)[C@@]1(O)CCC. The molecule has 1 saturated carbocycles. The Hall–Kier alpha value is -1.14. The number of hydrogen-bond donors (Lipinski definition) is 3. The number of carbonyl (C=O) groups excluding carboxylic acids is 2. The predicted octanol–water partition coefficient (Wildman–Crippen LogP) is 0.414. The second-order valence-corrected chi connectivity index (χ2v) is 7.33. The van der Waals surface area contributed by atoms with Crippen molar-refractivity contribution in [2.24, 2.45) is 11.8 Å². The van der Waals surface area contributed by atoms with Gasteiger partial charge in [0.15, 0.2) is 0 Å². The lowest BCUT2D eigenvalue weighted by atomic mass is 9.61. The van der Waals surface area contributed by atoms with Gasteiger partial charge in [0.1, 0.15) is 11.7 Å². The number of amides is 2. The van der Waals surface area contributed by atoms with Gasteiger partial charge in [-0.1, -0.05) is 26.7 Å². The van der Waals surface area contributed by atoms with Crippen LogP contribution in [0.25, 0.3) is 0 Å². The van der Waals surface area contributed by atoms with E-state index in [0.29, 0.717) is 25.8 Å². The van der Waals surface area contributed by atoms with Crippen molar-refractivity contribution >= 4 is 11.8 Å². The van der Waals surface area contributed by atoms with Gasteiger partial charge < -0.3 is 20.4 Å². The molecule has 6 heteroatoms. The molecule has 0 unspecified atom stereocenters. The normalized spacial score (nSPS) is 42.6. The molecule has 6 aliphatic rings. The molecule has 3 N–H and O–H groups in total. The zero-order chi connectivity index (χ0) is 16.8. The summed E-state index contributed by atoms with van der Waals surface area (Å²) in [7, 11) is 0. The molecule has 23 heavy (non-hydrogen) atoms. The summed E-state index contributed by atoms with van der Waals surface area (Å²) in [5.41, 5.74) is -1.43. The van der Waals surface area contributed by atoms with Gasteiger partial charge in [-0.2, -0.15) is 0 Å². The van der Waals surface area contributed by atoms with Gasteiger partial charge in [-0.05, 0) is 25.7 Å². The van der Waals surface area contributed by atoms with Gasteiger partial charge in [-0.15, -0.1) is 0 Å². The van der Waals surface area contributed by atoms with Crippen molar-refractivity contribution < 1.29 is 19.8 Å². The molecule has 130 valence electrons. The molecule has 5 aliphatic heterocycles. The van der Waals surface area contributed by atoms with Crippen LogP contribution in [0.5, 0.6) is 0 Å². The van der Waals surface area contributed by atoms with Crippen molar-refractivity contribution in [1.82, 2.24) is 10.2 Å². The Morgan fingerprint density at radius 2 is 2.00 bits per heavy atom. The highest BCUT2D eigenvalue weighted by Gasteiger charge is 2.63. The second kappa shape index (κ2) is 6.06. The van der Waals surface area contributed by atoms with Crippen LogP contribution in [0.2, 0.25) is 0 Å². The van der Waals surface area contributed by atoms with Crippen molar-refractivity contribution in [3.8, 4) is 0 Å². The molecule has 6 rings (SSSR count). The van der Waals surface area contributed by atoms with Crippen LogP contribution in [0.3, 0.4) is 0 Å². The number of unbranched alkanes of at least 4 members (excludes halogenated alkanes) is 1. The Balaban J connectivity index is 2.04. The Morgan fingerprint density at radius 3 is 2.65 bits per heavy atom. The molecular weight excluding hydrogens is 296 g/mol. The summed E-state index contributed by atoms with van der Waals surface area (Å²) in [6, 6.07) is -0.981. The maximum atomic E-state index is 12.9. The van der Waals surface area contributed by atoms with Gasteiger partial charge in [-0.25, -0.2) is 0 Å². The standard InChI is InChI=1S/C17H28N2O4/c1-3-5-9-19-11-7-6-10(16(19)22)13-14(20)17(23,8-4-2)12(11)15(21)18-13/h10-14,20,23H,3-9H2,1-2H3,(H,18,21)/t10-,11+,12+,13+,14+,17+/m0/s1. The number of carbonyl (C=O) groups is 2. The predicted molar refractivity (Wildman–Crippen MR) is 84.4 cm³/mol. The minimum atomic E-state index is -1.43. The molecule has 0 aromatic rings. The first kappa shape index (κ1) is 16.7. The fourth-order valence-corrected chi connectivity index (χ4v) is 4.88. The maximum Gasteiger partial charge on any atom is 0.228 e. The number of hydrogen-bond acceptors (Lipinski definition) is 4. The molecule has 4 bridgehead atoms. The van der Waals surface area contributed by atoms with E-state index in [1.165, 1.54) is 0 Å². The average Bonchev–Trinajstić information content (AvgIpc) is 2.49. The lowest BCUT2D eigenvalue weighted by Crippen LogP contribution is -2.78. The van der Waals surface area contributed by atoms with Gasteiger partial charge in [-0.3, -0.25) is 9.59 Å². The second-order valence-electron chi connectivity index (χ2n) is 7.33. The summed E-state index contributed by atoms with van der Waals surface area (Å²) in [5.74, 6) is -1.34. The molecule has 6 atom stereocenters. The first-order chi connectivity index (χ1) is 11.0. The molecule has 2 amide bonds. The highest BCUT2D eigenvalue weighted by molar-refractivity contribution is 5.89. The maximum absolute atomic E-state index is 12.9. The van der Waals surface area contributed by atoms with Gasteiger partial charge >= 0.3 is 0 Å². The van der Waals surface area contributed by atoms with E-state index < -0.39 is 29.6 Å². The quantitative estimate of drug-likeness (QED) is 0.683. The summed E-state index contributed by atoms with van der Waals surface area (Å²) in [5, 5.41) is 24.8. The van der Waals surface area contributed by atoms with Crippen LogP contribution in [-0.2, 0) is 9.59 Å². The summed E-state index contributed by atoms with van der Waals surface area (Å²) in [6.45, 7) is 4.64. The van der Waals surface area contributed by atoms with Crippen molar-refractivity contribution in [1.29, 1.82) is 0 Å². The fraction of sp³-hybridized carbons (Fsp3) is 0.882. The van der Waals surface area contributed by atoms with E-state index in [2.05, 4.69) is 12.2 Å². The van der Waals surface area contributed by atoms with E-state index >= 15 is 0 Å². The molecule has 6 nitrogen and oxygen atoms in total. The van der Waals surface area contributed by atoms with Gasteiger partial charge in [0.2, 0.25) is 11.8 Å². The number of aliphatic hydroxyl groups is 2. The van der Waals surface area contributed by atoms with Crippen LogP contribution in [0.4, 0.5) is 0 Å². The highest BCUT2D eigenvalue weighted by Crippen LogP contribution is 2.46. The number of nitrogens with zero attached hydrogens (tertiary/aromatic N) is 1. The molecule has 0 spiro atoms. The van der Waals surface area contributed by atoms with Crippen LogP contribution in [0, 0.1) is 11.8 Å². The minimum absolute atomic E-state index is 0.0299. The monoisotopic (exact) mass is 324 g/mol. The Morgan fingerprint density at radius 1 is 1.26 bits per heavy atom. The Labute approximate surface area is 137 Å². The number of nitrogens with one attached hydrogen (secondary N) is 1. The van der Waals surface area contributed by atoms with E-state index in [1.54, 1.807) is 0 Å². The Bertz CT molecular complexity index is 497. The first-order valence-electron chi connectivity index (χ1n) is 8.97. The van der Waals surface area contributed by atoms with E-state index in [-0.39, 0.29) is 17.9 Å². The zero-order valence-electron chi connectivity index (χ0n) is 14.0. The van der Waals surface area contributed by atoms with Crippen molar-refractivity contribution in [3.63, 3.8) is 0 Å². The van der Waals surface area contributed by atoms with Crippen molar-refractivity contribution in [3.05, 3.63) is 0 Å². The summed E-state index contributed by atoms with van der Waals surface area (Å²) in [6.07, 6.45) is 3.26. The van der Waals surface area contributed by atoms with Gasteiger partial charge in [0.25, 0.3) is 0 Å². The van der Waals surface area contributed by atoms with E-state index in [4.69, 9.17) is 0 Å². The molecule has 5 saturated heterocycles. The van der Waals surface area contributed by atoms with Crippen LogP contribution < -0.4 is 5.32 Å². The Kier molecular flexibility index (Phi) is 4.40. The summed E-state index contributed by atoms with van der Waals surface area (Å²) in [4.78, 5) is 27.3. The van der Waals surface area contributed by atoms with E-state index in [1.807, 2.05) is 11.8 Å². The lowest BCUT2D eigenvalue weighted by molar-refractivity contribution is -0.206. The van der Waals surface area contributed by atoms with Crippen molar-refractivity contribution in [2.75, 3.05) is 6.54 Å². The van der Waals surface area contributed by atoms with E-state index in [9.17, 15) is 19.8 Å². The number of aliphatic hydroxyl groups excluding tert-OH is 1. The van der Waals surface area contributed by atoms with Gasteiger partial charge in [0, 0.05) is 12.6 Å². The highest BCUT2D eigenvalue weighted by atomic mass is 16.3. The van der Waals surface area contributed by atoms with Crippen LogP contribution in [0.15, 0.2) is 0 Å². The van der Waals surface area contributed by atoms with Crippen LogP contribution in [-0.4, -0.2) is 57.3 Å². The molecule has 5 heterocycles. The third kappa shape index (κ3) is 2.38. The third-order valence-electron chi connectivity index (χ3n) is 5.98. The molecule has 6 fully saturated rings. The fourth-order valence-electron chi connectivity index (χ4n) is 4.88. The third-order valence-corrected chi connectivity index (χ3v) is 5.98. The van der Waals surface area contributed by atoms with E-state index in [0.717, 1.165) is 19.3 Å². The molecular formula is C17H28N2O4. The van der Waals surface area contributed by atoms with Crippen LogP contribution in [0.1, 0.15) is 52.4 Å². The largest absolute Gasteiger partial charge is 0.388 e. The van der Waals surface area contributed by atoms with Gasteiger partial charge in [0.05, 0.1) is 17.9 Å². The molecule has 0 aromatic heterocycles. The molecule has 0 aromatic carbocycles. The lowest BCUT2D eigenvalue weighted by Gasteiger charge is -2.58. The molecule has 0 radical (unpaired) electrons. The smallest absolute Gasteiger partial charge is 0.228 e. The zero-order valence-corrected chi connectivity index (χ0v) is 14.0. The molecule has 1 aliphatic carbocycles. The minimum Gasteiger partial charge on any atom is -0.388 e. The van der Waals surface area contributed by atoms with Crippen LogP contribution >= 0.6 is 0 Å². The summed E-state index contributed by atoms with van der Waals surface area (Å²) >= 11 is 0. The van der Waals surface area contributed by atoms with Crippen molar-refractivity contribution in [2.45, 2.75) is 76.2 Å². The summed E-state index contributed by atoms with van der Waals surface area (Å²) < 4.78 is 0. The number of piperidine rings is 2. The first-order valence-corrected chi connectivity index (χ1v) is 8.97. The topological polar surface area (TPSA) is 89.9 Å². The number of rotatable bonds is 5.